The topological polar surface area (TPSA) is 15.3 Å². The van der Waals surface area contributed by atoms with Gasteiger partial charge in [0.05, 0.1) is 0 Å². The van der Waals surface area contributed by atoms with Crippen molar-refractivity contribution in [3.05, 3.63) is 34.9 Å². The molecule has 132 valence electrons. The second-order valence-electron chi connectivity index (χ2n) is 6.97. The molecule has 0 bridgehead atoms. The summed E-state index contributed by atoms with van der Waals surface area (Å²) in [6, 6.07) is 7.81. The van der Waals surface area contributed by atoms with E-state index in [2.05, 4.69) is 42.3 Å². The van der Waals surface area contributed by atoms with Crippen LogP contribution >= 0.6 is 24.8 Å². The van der Waals surface area contributed by atoms with Crippen molar-refractivity contribution in [3.8, 4) is 0 Å². The Morgan fingerprint density at radius 3 is 2.22 bits per heavy atom. The lowest BCUT2D eigenvalue weighted by molar-refractivity contribution is 0.103. The number of nitrogens with zero attached hydrogens (tertiary/aromatic N) is 1. The van der Waals surface area contributed by atoms with Gasteiger partial charge in [-0.2, -0.15) is 0 Å². The highest BCUT2D eigenvalue weighted by atomic mass is 35.5. The number of hydrogen-bond acceptors (Lipinski definition) is 2. The first kappa shape index (κ1) is 20.8. The fourth-order valence-corrected chi connectivity index (χ4v) is 4.14. The summed E-state index contributed by atoms with van der Waals surface area (Å²) >= 11 is 0. The molecule has 1 atom stereocenters. The van der Waals surface area contributed by atoms with Gasteiger partial charge in [0.15, 0.2) is 0 Å². The van der Waals surface area contributed by atoms with Crippen molar-refractivity contribution in [1.82, 2.24) is 10.2 Å². The van der Waals surface area contributed by atoms with E-state index in [1.54, 1.807) is 5.56 Å². The fraction of sp³-hybridized carbons (Fsp3) is 0.684. The van der Waals surface area contributed by atoms with Gasteiger partial charge in [-0.05, 0) is 49.3 Å². The molecule has 0 amide bonds. The largest absolute Gasteiger partial charge is 0.314 e. The van der Waals surface area contributed by atoms with Crippen LogP contribution in [0.3, 0.4) is 0 Å². The van der Waals surface area contributed by atoms with Gasteiger partial charge in [0, 0.05) is 32.2 Å². The van der Waals surface area contributed by atoms with Crippen LogP contribution in [0.4, 0.5) is 0 Å². The van der Waals surface area contributed by atoms with Gasteiger partial charge in [-0.3, -0.25) is 4.90 Å². The normalized spacial score (nSPS) is 21.1. The Bertz CT molecular complexity index is 448. The lowest BCUT2D eigenvalue weighted by Gasteiger charge is -2.41. The van der Waals surface area contributed by atoms with Crippen molar-refractivity contribution in [2.45, 2.75) is 52.0 Å². The first-order valence-corrected chi connectivity index (χ1v) is 8.77. The van der Waals surface area contributed by atoms with Crippen molar-refractivity contribution in [2.75, 3.05) is 26.2 Å². The molecule has 23 heavy (non-hydrogen) atoms. The van der Waals surface area contributed by atoms with Gasteiger partial charge in [-0.15, -0.1) is 24.8 Å². The lowest BCUT2D eigenvalue weighted by Crippen LogP contribution is -2.47. The lowest BCUT2D eigenvalue weighted by atomic mass is 9.79. The zero-order chi connectivity index (χ0) is 14.7. The smallest absolute Gasteiger partial charge is 0.0377 e. The van der Waals surface area contributed by atoms with Crippen LogP contribution in [0.2, 0.25) is 0 Å². The summed E-state index contributed by atoms with van der Waals surface area (Å²) in [5.74, 6) is 0.860. The summed E-state index contributed by atoms with van der Waals surface area (Å²) in [5, 5.41) is 3.50. The SMILES string of the molecule is Cc1ccc([C@H](C2CCCCC2)N2CCNCC2)cc1C.Cl.Cl. The molecule has 0 aromatic heterocycles. The summed E-state index contributed by atoms with van der Waals surface area (Å²) in [5.41, 5.74) is 4.43. The summed E-state index contributed by atoms with van der Waals surface area (Å²) < 4.78 is 0. The standard InChI is InChI=1S/C19H30N2.2ClH/c1-15-8-9-18(14-16(15)2)19(17-6-4-3-5-7-17)21-12-10-20-11-13-21;;/h8-9,14,17,19-20H,3-7,10-13H2,1-2H3;2*1H/t19-;;/m0../s1. The van der Waals surface area contributed by atoms with Crippen LogP contribution in [-0.4, -0.2) is 31.1 Å². The van der Waals surface area contributed by atoms with E-state index in [4.69, 9.17) is 0 Å². The van der Waals surface area contributed by atoms with Gasteiger partial charge >= 0.3 is 0 Å². The Hall–Kier alpha value is -0.280. The molecule has 2 fully saturated rings. The first-order valence-electron chi connectivity index (χ1n) is 8.77. The van der Waals surface area contributed by atoms with E-state index in [1.807, 2.05) is 0 Å². The molecule has 2 nitrogen and oxygen atoms in total. The Labute approximate surface area is 154 Å². The summed E-state index contributed by atoms with van der Waals surface area (Å²) in [7, 11) is 0. The molecule has 1 aliphatic heterocycles. The van der Waals surface area contributed by atoms with E-state index < -0.39 is 0 Å². The predicted octanol–water partition coefficient (Wildman–Crippen LogP) is 4.67. The van der Waals surface area contributed by atoms with Gasteiger partial charge < -0.3 is 5.32 Å². The molecule has 1 N–H and O–H groups in total. The molecule has 1 aliphatic carbocycles. The highest BCUT2D eigenvalue weighted by Gasteiger charge is 2.30. The predicted molar refractivity (Wildman–Crippen MR) is 104 cm³/mol. The van der Waals surface area contributed by atoms with E-state index >= 15 is 0 Å². The number of rotatable bonds is 3. The molecule has 3 rings (SSSR count). The van der Waals surface area contributed by atoms with Crippen LogP contribution in [0.25, 0.3) is 0 Å². The summed E-state index contributed by atoms with van der Waals surface area (Å²) in [4.78, 5) is 2.75. The second-order valence-corrected chi connectivity index (χ2v) is 6.97. The van der Waals surface area contributed by atoms with Crippen molar-refractivity contribution < 1.29 is 0 Å². The van der Waals surface area contributed by atoms with Crippen molar-refractivity contribution >= 4 is 24.8 Å². The maximum Gasteiger partial charge on any atom is 0.0377 e. The molecule has 1 heterocycles. The molecule has 0 spiro atoms. The Kier molecular flexibility index (Phi) is 8.92. The third-order valence-corrected chi connectivity index (χ3v) is 5.51. The van der Waals surface area contributed by atoms with E-state index in [0.717, 1.165) is 19.0 Å². The number of aryl methyl sites for hydroxylation is 2. The van der Waals surface area contributed by atoms with E-state index in [9.17, 15) is 0 Å². The monoisotopic (exact) mass is 358 g/mol. The number of halogens is 2. The number of benzene rings is 1. The number of hydrogen-bond donors (Lipinski definition) is 1. The highest BCUT2D eigenvalue weighted by molar-refractivity contribution is 5.85. The van der Waals surface area contributed by atoms with Gasteiger partial charge in [0.1, 0.15) is 0 Å². The van der Waals surface area contributed by atoms with Gasteiger partial charge in [-0.25, -0.2) is 0 Å². The minimum absolute atomic E-state index is 0. The molecule has 0 radical (unpaired) electrons. The third-order valence-electron chi connectivity index (χ3n) is 5.51. The maximum absolute atomic E-state index is 3.50. The van der Waals surface area contributed by atoms with Crippen LogP contribution in [0.5, 0.6) is 0 Å². The minimum atomic E-state index is 0. The molecular weight excluding hydrogens is 327 g/mol. The quantitative estimate of drug-likeness (QED) is 0.843. The van der Waals surface area contributed by atoms with Gasteiger partial charge in [0.25, 0.3) is 0 Å². The minimum Gasteiger partial charge on any atom is -0.314 e. The molecule has 1 saturated carbocycles. The average Bonchev–Trinajstić information content (AvgIpc) is 2.53. The zero-order valence-electron chi connectivity index (χ0n) is 14.5. The van der Waals surface area contributed by atoms with E-state index in [1.165, 1.54) is 56.3 Å². The van der Waals surface area contributed by atoms with E-state index in [-0.39, 0.29) is 24.8 Å². The Morgan fingerprint density at radius 1 is 0.957 bits per heavy atom. The highest BCUT2D eigenvalue weighted by Crippen LogP contribution is 2.38. The summed E-state index contributed by atoms with van der Waals surface area (Å²) in [6.07, 6.45) is 7.14. The first-order chi connectivity index (χ1) is 10.3. The van der Waals surface area contributed by atoms with Gasteiger partial charge in [-0.1, -0.05) is 37.5 Å². The molecule has 1 saturated heterocycles. The average molecular weight is 359 g/mol. The molecular formula is C19H32Cl2N2. The number of piperazine rings is 1. The third kappa shape index (κ3) is 5.09. The molecule has 1 aromatic rings. The van der Waals surface area contributed by atoms with E-state index in [0.29, 0.717) is 6.04 Å². The fourth-order valence-electron chi connectivity index (χ4n) is 4.14. The second kappa shape index (κ2) is 9.88. The van der Waals surface area contributed by atoms with Crippen LogP contribution in [-0.2, 0) is 0 Å². The number of nitrogens with one attached hydrogen (secondary N) is 1. The zero-order valence-corrected chi connectivity index (χ0v) is 16.1. The van der Waals surface area contributed by atoms with Gasteiger partial charge in [0.2, 0.25) is 0 Å². The van der Waals surface area contributed by atoms with Crippen molar-refractivity contribution in [1.29, 1.82) is 0 Å². The maximum atomic E-state index is 3.50. The van der Waals surface area contributed by atoms with Crippen LogP contribution in [0.15, 0.2) is 18.2 Å². The summed E-state index contributed by atoms with van der Waals surface area (Å²) in [6.45, 7) is 9.18. The van der Waals surface area contributed by atoms with Crippen LogP contribution < -0.4 is 5.32 Å². The molecule has 1 aromatic carbocycles. The molecule has 0 unspecified atom stereocenters. The van der Waals surface area contributed by atoms with Crippen LogP contribution in [0, 0.1) is 19.8 Å². The Morgan fingerprint density at radius 2 is 1.61 bits per heavy atom. The van der Waals surface area contributed by atoms with Crippen molar-refractivity contribution in [2.24, 2.45) is 5.92 Å². The van der Waals surface area contributed by atoms with Crippen LogP contribution in [0.1, 0.15) is 54.8 Å². The Balaban J connectivity index is 0.00000132. The van der Waals surface area contributed by atoms with Crippen molar-refractivity contribution in [3.63, 3.8) is 0 Å². The molecule has 4 heteroatoms. The molecule has 2 aliphatic rings.